The monoisotopic (exact) mass is 1950 g/mol. The predicted octanol–water partition coefficient (Wildman–Crippen LogP) is 14.6. The summed E-state index contributed by atoms with van der Waals surface area (Å²) in [6.07, 6.45) is 36.6. The van der Waals surface area contributed by atoms with Gasteiger partial charge in [-0.3, -0.25) is 102 Å². The van der Waals surface area contributed by atoms with Crippen molar-refractivity contribution in [2.75, 3.05) is 99.0 Å². The standard InChI is InChI=1S/C20H20N2O2.C19H18N2O2.C17H20N2O2.C16H20N2O2.C16H18N2O2.C15H18N2O2.C14H16N2O2/c23-19(14-16-8-3-1-4-9-16)22-15-21-13-7-12-18(24-22)20(21)17-10-5-2-6-11-17;22-19(16-10-5-2-6-11-16)21-14-20-13-7-12-17(23-21)18(20)15-8-3-1-4-9-15;1-2-7-15-16-10-6-11-18(15)13-19(21-16)17(20)12-14-8-4-3-5-9-14;2*1-2-14-15-9-6-10-17(14)12-18(20-15)16(19)11-13-7-4-3-5-8-13;1-12-14-8-5-9-16(12)11-17(19-14)15(18)10-13-6-3-2-4-7-13;17-14(9-12-5-2-1-3-6-12)16-11-15-8-4-7-13(10-15)18-16/h1-12,18,20H,13-15H2;1-12,17-18H,13-14H2;2-6,8-10,15-16H,1,7,11-13H2;3-9,14-15H,2,10-12H2,1H3;2-9,14-15H,1,10-12H2;2-8,12,14H,9-11H2,1H3;1-7,13H,8-11H2. The first-order valence-corrected chi connectivity index (χ1v) is 50.3. The van der Waals surface area contributed by atoms with Crippen LogP contribution in [0.5, 0.6) is 0 Å². The lowest BCUT2D eigenvalue weighted by Crippen LogP contribution is -2.59. The Morgan fingerprint density at radius 3 is 0.952 bits per heavy atom. The molecule has 14 aliphatic rings. The summed E-state index contributed by atoms with van der Waals surface area (Å²) < 4.78 is 0. The molecule has 23 rings (SSSR count). The molecule has 28 nitrogen and oxygen atoms in total. The van der Waals surface area contributed by atoms with E-state index in [9.17, 15) is 33.6 Å². The molecule has 145 heavy (non-hydrogen) atoms. The van der Waals surface area contributed by atoms with E-state index in [2.05, 4.69) is 146 Å². The lowest BCUT2D eigenvalue weighted by atomic mass is 9.96. The van der Waals surface area contributed by atoms with Crippen molar-refractivity contribution < 1.29 is 67.4 Å². The number of carbonyl (C=O) groups excluding carboxylic acids is 7. The van der Waals surface area contributed by atoms with E-state index in [1.165, 1.54) is 46.6 Å². The van der Waals surface area contributed by atoms with Crippen LogP contribution in [0.15, 0.2) is 383 Å². The molecular weight excluding hydrogens is 1830 g/mol. The molecule has 7 saturated heterocycles. The average Bonchev–Trinajstić information content (AvgIpc) is 0.771. The first kappa shape index (κ1) is 103. The maximum absolute atomic E-state index is 12.6. The molecule has 0 aliphatic carbocycles. The van der Waals surface area contributed by atoms with Gasteiger partial charge in [-0.2, -0.15) is 0 Å². The molecule has 14 bridgehead atoms. The molecule has 0 spiro atoms. The normalized spacial score (nSPS) is 27.2. The van der Waals surface area contributed by atoms with Gasteiger partial charge in [0.1, 0.15) is 89.4 Å². The Bertz CT molecular complexity index is 5980. The van der Waals surface area contributed by atoms with E-state index in [0.29, 0.717) is 103 Å². The molecule has 7 amide bonds. The third-order valence-corrected chi connectivity index (χ3v) is 27.5. The van der Waals surface area contributed by atoms with Crippen molar-refractivity contribution in [3.63, 3.8) is 0 Å². The number of nitrogens with zero attached hydrogens (tertiary/aromatic N) is 14. The highest BCUT2D eigenvalue weighted by atomic mass is 16.7. The van der Waals surface area contributed by atoms with Gasteiger partial charge < -0.3 is 0 Å². The van der Waals surface area contributed by atoms with Crippen LogP contribution >= 0.6 is 0 Å². The second-order valence-corrected chi connectivity index (χ2v) is 37.6. The number of fused-ring (bicyclic) bond motifs is 14. The van der Waals surface area contributed by atoms with Crippen LogP contribution in [0.3, 0.4) is 0 Å². The molecule has 7 fully saturated rings. The van der Waals surface area contributed by atoms with Crippen LogP contribution in [-0.4, -0.2) is 277 Å². The molecule has 20 unspecified atom stereocenters. The average molecular weight is 1960 g/mol. The maximum Gasteiger partial charge on any atom is 0.278 e. The molecule has 0 aromatic heterocycles. The molecule has 14 heterocycles. The molecule has 14 aliphatic heterocycles. The summed E-state index contributed by atoms with van der Waals surface area (Å²) in [7, 11) is 0. The van der Waals surface area contributed by atoms with Gasteiger partial charge in [0.2, 0.25) is 0 Å². The number of amides is 7. The van der Waals surface area contributed by atoms with Crippen molar-refractivity contribution in [3.8, 4) is 0 Å². The highest BCUT2D eigenvalue weighted by Gasteiger charge is 2.45. The van der Waals surface area contributed by atoms with E-state index < -0.39 is 0 Å². The third-order valence-electron chi connectivity index (χ3n) is 27.5. The minimum absolute atomic E-state index is 0.00184. The summed E-state index contributed by atoms with van der Waals surface area (Å²) in [5.74, 6) is -0.0429. The number of rotatable bonds is 19. The summed E-state index contributed by atoms with van der Waals surface area (Å²) in [6.45, 7) is 22.5. The van der Waals surface area contributed by atoms with Gasteiger partial charge in [0.25, 0.3) is 41.4 Å². The highest BCUT2D eigenvalue weighted by molar-refractivity contribution is 5.93. The van der Waals surface area contributed by atoms with Crippen LogP contribution in [0.25, 0.3) is 0 Å². The largest absolute Gasteiger partial charge is 0.278 e. The first-order valence-electron chi connectivity index (χ1n) is 50.3. The smallest absolute Gasteiger partial charge is 0.277 e. The number of benzene rings is 9. The topological polar surface area (TPSA) is 229 Å². The van der Waals surface area contributed by atoms with Gasteiger partial charge in [-0.15, -0.1) is 13.2 Å². The quantitative estimate of drug-likeness (QED) is 0.0685. The first-order chi connectivity index (χ1) is 71.0. The van der Waals surface area contributed by atoms with Crippen molar-refractivity contribution >= 4 is 41.4 Å². The molecule has 9 aromatic rings. The zero-order chi connectivity index (χ0) is 100. The van der Waals surface area contributed by atoms with Gasteiger partial charge in [-0.1, -0.05) is 365 Å². The Labute approximate surface area is 850 Å². The highest BCUT2D eigenvalue weighted by Crippen LogP contribution is 2.38. The molecular formula is C117H130N14O14. The van der Waals surface area contributed by atoms with Crippen LogP contribution in [0.4, 0.5) is 0 Å². The second kappa shape index (κ2) is 51.2. The van der Waals surface area contributed by atoms with E-state index in [-0.39, 0.29) is 108 Å². The fraction of sp³-hybridized carbons (Fsp3) is 0.325. The van der Waals surface area contributed by atoms with Crippen molar-refractivity contribution in [1.82, 2.24) is 69.7 Å². The van der Waals surface area contributed by atoms with Crippen molar-refractivity contribution in [3.05, 3.63) is 433 Å². The molecule has 9 aromatic carbocycles. The Morgan fingerprint density at radius 1 is 0.297 bits per heavy atom. The minimum atomic E-state index is -0.146. The second-order valence-electron chi connectivity index (χ2n) is 37.6. The van der Waals surface area contributed by atoms with Crippen LogP contribution < -0.4 is 0 Å². The van der Waals surface area contributed by atoms with Gasteiger partial charge in [0, 0.05) is 76.0 Å². The van der Waals surface area contributed by atoms with E-state index in [1.807, 2.05) is 285 Å². The maximum atomic E-state index is 12.6. The third kappa shape index (κ3) is 27.5. The lowest BCUT2D eigenvalue weighted by molar-refractivity contribution is -0.254. The van der Waals surface area contributed by atoms with E-state index >= 15 is 0 Å². The predicted molar refractivity (Wildman–Crippen MR) is 553 cm³/mol. The van der Waals surface area contributed by atoms with Crippen molar-refractivity contribution in [2.45, 2.75) is 144 Å². The summed E-state index contributed by atoms with van der Waals surface area (Å²) in [5, 5.41) is 10.5. The summed E-state index contributed by atoms with van der Waals surface area (Å²) in [4.78, 5) is 143. The molecule has 0 saturated carbocycles. The number of hydroxylamine groups is 14. The zero-order valence-electron chi connectivity index (χ0n) is 82.4. The fourth-order valence-corrected chi connectivity index (χ4v) is 19.9. The van der Waals surface area contributed by atoms with Crippen LogP contribution in [0, 0.1) is 0 Å². The van der Waals surface area contributed by atoms with Crippen LogP contribution in [-0.2, 0) is 101 Å². The Balaban J connectivity index is 0.000000116. The summed E-state index contributed by atoms with van der Waals surface area (Å²) in [5.41, 5.74) is 9.17. The molecule has 752 valence electrons. The number of hydrogen-bond acceptors (Lipinski definition) is 21. The molecule has 0 N–H and O–H groups in total. The van der Waals surface area contributed by atoms with Crippen LogP contribution in [0.2, 0.25) is 0 Å². The Morgan fingerprint density at radius 2 is 0.586 bits per heavy atom. The van der Waals surface area contributed by atoms with Crippen LogP contribution in [0.1, 0.15) is 93.6 Å². The molecule has 0 radical (unpaired) electrons. The van der Waals surface area contributed by atoms with Crippen molar-refractivity contribution in [2.24, 2.45) is 0 Å². The van der Waals surface area contributed by atoms with Gasteiger partial charge in [-0.25, -0.2) is 35.4 Å². The van der Waals surface area contributed by atoms with Gasteiger partial charge in [0.15, 0.2) is 0 Å². The SMILES string of the molecule is C=CC1C2C=CCN1CN(C(=O)Cc1ccccc1)O2.C=CCC1C2C=CCN1CN(C(=O)Cc1ccccc1)O2.CC1C2C=CCN1CN(C(=O)Cc1ccccc1)O2.CCC1C2C=CCN1CN(C(=O)Cc1ccccc1)O2.O=C(Cc1ccccc1)N1CN2CC=CC(C2)O1.O=C(Cc1ccccc1)N1CN2CC=CC(O1)C2c1ccccc1.O=C(c1ccccc1)N1CN2CC=CC(O1)C2c1ccccc1. The summed E-state index contributed by atoms with van der Waals surface area (Å²) in [6, 6.07) is 90.0. The van der Waals surface area contributed by atoms with E-state index in [0.717, 1.165) is 98.6 Å². The molecule has 28 heteroatoms. The fourth-order valence-electron chi connectivity index (χ4n) is 19.9. The Hall–Kier alpha value is -13.6. The van der Waals surface area contributed by atoms with Gasteiger partial charge in [-0.05, 0) is 76.4 Å². The lowest BCUT2D eigenvalue weighted by Gasteiger charge is -2.46. The van der Waals surface area contributed by atoms with E-state index in [1.54, 1.807) is 0 Å². The summed E-state index contributed by atoms with van der Waals surface area (Å²) >= 11 is 0. The Kier molecular flexibility index (Phi) is 36.3. The van der Waals surface area contributed by atoms with E-state index in [4.69, 9.17) is 33.9 Å². The number of carbonyl (C=O) groups is 7. The van der Waals surface area contributed by atoms with Crippen molar-refractivity contribution in [1.29, 1.82) is 0 Å². The van der Waals surface area contributed by atoms with Gasteiger partial charge in [0.05, 0.1) is 56.7 Å². The molecule has 20 atom stereocenters. The number of hydrogen-bond donors (Lipinski definition) is 0. The minimum Gasteiger partial charge on any atom is -0.277 e. The zero-order valence-corrected chi connectivity index (χ0v) is 82.4. The van der Waals surface area contributed by atoms with Gasteiger partial charge >= 0.3 is 0 Å².